The summed E-state index contributed by atoms with van der Waals surface area (Å²) in [6.07, 6.45) is -3.72. The van der Waals surface area contributed by atoms with Crippen molar-refractivity contribution in [1.29, 1.82) is 0 Å². The lowest BCUT2D eigenvalue weighted by Crippen LogP contribution is -2.20. The zero-order valence-electron chi connectivity index (χ0n) is 12.2. The van der Waals surface area contributed by atoms with Crippen molar-refractivity contribution in [1.82, 2.24) is 15.1 Å². The van der Waals surface area contributed by atoms with Gasteiger partial charge in [-0.1, -0.05) is 5.16 Å². The summed E-state index contributed by atoms with van der Waals surface area (Å²) >= 11 is 0. The van der Waals surface area contributed by atoms with Crippen LogP contribution in [0.15, 0.2) is 39.8 Å². The number of benzene rings is 1. The van der Waals surface area contributed by atoms with Crippen LogP contribution in [0.5, 0.6) is 5.75 Å². The summed E-state index contributed by atoms with van der Waals surface area (Å²) in [4.78, 5) is 17.3. The van der Waals surface area contributed by atoms with Crippen LogP contribution in [0, 0.1) is 6.92 Å². The maximum absolute atomic E-state index is 12.8. The van der Waals surface area contributed by atoms with Gasteiger partial charge in [-0.25, -0.2) is 0 Å². The highest BCUT2D eigenvalue weighted by atomic mass is 19.4. The van der Waals surface area contributed by atoms with Gasteiger partial charge in [-0.15, -0.1) is 0 Å². The molecular weight excluding hydrogens is 327 g/mol. The van der Waals surface area contributed by atoms with Crippen molar-refractivity contribution >= 4 is 0 Å². The number of hydrogen-bond acceptors (Lipinski definition) is 5. The summed E-state index contributed by atoms with van der Waals surface area (Å²) in [7, 11) is 0. The quantitative estimate of drug-likeness (QED) is 0.749. The third-order valence-corrected chi connectivity index (χ3v) is 3.34. The highest BCUT2D eigenvalue weighted by molar-refractivity contribution is 5.61. The molecule has 0 spiro atoms. The van der Waals surface area contributed by atoms with Crippen LogP contribution in [0.3, 0.4) is 0 Å². The van der Waals surface area contributed by atoms with Crippen LogP contribution in [-0.4, -0.2) is 20.2 Å². The molecule has 0 fully saturated rings. The van der Waals surface area contributed by atoms with E-state index in [1.165, 1.54) is 6.07 Å². The van der Waals surface area contributed by atoms with E-state index in [2.05, 4.69) is 10.1 Å². The fraction of sp³-hybridized carbons (Fsp3) is 0.133. The zero-order valence-corrected chi connectivity index (χ0v) is 12.2. The third kappa shape index (κ3) is 2.87. The molecule has 2 heterocycles. The number of aryl methyl sites for hydroxylation is 1. The molecule has 0 saturated carbocycles. The van der Waals surface area contributed by atoms with Crippen LogP contribution in [0.4, 0.5) is 13.2 Å². The average Bonchev–Trinajstić information content (AvgIpc) is 2.99. The molecule has 124 valence electrons. The Morgan fingerprint density at radius 1 is 1.21 bits per heavy atom. The van der Waals surface area contributed by atoms with Crippen LogP contribution in [0.2, 0.25) is 0 Å². The van der Waals surface area contributed by atoms with Gasteiger partial charge in [0, 0.05) is 11.8 Å². The normalized spacial score (nSPS) is 11.7. The Morgan fingerprint density at radius 3 is 2.62 bits per heavy atom. The Kier molecular flexibility index (Phi) is 3.63. The van der Waals surface area contributed by atoms with E-state index in [-0.39, 0.29) is 23.0 Å². The van der Waals surface area contributed by atoms with E-state index in [0.29, 0.717) is 17.2 Å². The average molecular weight is 337 g/mol. The van der Waals surface area contributed by atoms with Crippen molar-refractivity contribution in [2.75, 3.05) is 0 Å². The fourth-order valence-corrected chi connectivity index (χ4v) is 2.07. The summed E-state index contributed by atoms with van der Waals surface area (Å²) in [6.45, 7) is 1.68. The second kappa shape index (κ2) is 5.52. The molecule has 3 aromatic rings. The van der Waals surface area contributed by atoms with Crippen molar-refractivity contribution < 1.29 is 22.8 Å². The molecule has 0 atom stereocenters. The van der Waals surface area contributed by atoms with E-state index in [1.807, 2.05) is 4.98 Å². The van der Waals surface area contributed by atoms with Gasteiger partial charge < -0.3 is 14.6 Å². The van der Waals surface area contributed by atoms with Crippen molar-refractivity contribution in [2.45, 2.75) is 13.1 Å². The molecule has 0 saturated heterocycles. The molecule has 0 aliphatic carbocycles. The van der Waals surface area contributed by atoms with Gasteiger partial charge in [-0.05, 0) is 36.8 Å². The van der Waals surface area contributed by atoms with Gasteiger partial charge in [-0.2, -0.15) is 18.2 Å². The molecule has 0 radical (unpaired) electrons. The van der Waals surface area contributed by atoms with Crippen LogP contribution in [0.25, 0.3) is 22.8 Å². The van der Waals surface area contributed by atoms with Crippen molar-refractivity contribution in [3.8, 4) is 28.6 Å². The van der Waals surface area contributed by atoms with Gasteiger partial charge in [0.05, 0.1) is 5.56 Å². The van der Waals surface area contributed by atoms with E-state index in [0.717, 1.165) is 6.20 Å². The molecule has 0 unspecified atom stereocenters. The highest BCUT2D eigenvalue weighted by Gasteiger charge is 2.34. The Morgan fingerprint density at radius 2 is 1.96 bits per heavy atom. The summed E-state index contributed by atoms with van der Waals surface area (Å²) in [6, 6.07) is 5.25. The number of rotatable bonds is 2. The first-order valence-corrected chi connectivity index (χ1v) is 6.69. The lowest BCUT2D eigenvalue weighted by atomic mass is 10.1. The molecule has 0 bridgehead atoms. The van der Waals surface area contributed by atoms with Crippen molar-refractivity contribution in [2.24, 2.45) is 0 Å². The number of halogens is 3. The van der Waals surface area contributed by atoms with E-state index < -0.39 is 17.3 Å². The van der Waals surface area contributed by atoms with Crippen molar-refractivity contribution in [3.05, 3.63) is 51.9 Å². The van der Waals surface area contributed by atoms with Gasteiger partial charge in [0.25, 0.3) is 11.4 Å². The minimum Gasteiger partial charge on any atom is -0.508 e. The maximum atomic E-state index is 12.8. The topological polar surface area (TPSA) is 92.0 Å². The molecule has 2 N–H and O–H groups in total. The monoisotopic (exact) mass is 337 g/mol. The van der Waals surface area contributed by atoms with Gasteiger partial charge in [0.15, 0.2) is 0 Å². The van der Waals surface area contributed by atoms with Crippen LogP contribution >= 0.6 is 0 Å². The predicted octanol–water partition coefficient (Wildman–Crippen LogP) is 3.12. The second-order valence-corrected chi connectivity index (χ2v) is 5.05. The van der Waals surface area contributed by atoms with Gasteiger partial charge >= 0.3 is 6.18 Å². The Balaban J connectivity index is 2.02. The molecule has 9 heteroatoms. The number of aromatic hydroxyl groups is 1. The summed E-state index contributed by atoms with van der Waals surface area (Å²) < 4.78 is 43.3. The number of aromatic amines is 1. The minimum atomic E-state index is -4.79. The number of pyridine rings is 1. The summed E-state index contributed by atoms with van der Waals surface area (Å²) in [5.41, 5.74) is -1.54. The molecule has 0 aliphatic heterocycles. The van der Waals surface area contributed by atoms with E-state index in [9.17, 15) is 23.1 Å². The minimum absolute atomic E-state index is 0.0591. The number of aromatic nitrogens is 3. The maximum Gasteiger partial charge on any atom is 0.421 e. The summed E-state index contributed by atoms with van der Waals surface area (Å²) in [5, 5.41) is 13.2. The number of hydrogen-bond donors (Lipinski definition) is 2. The number of alkyl halides is 3. The smallest absolute Gasteiger partial charge is 0.421 e. The first kappa shape index (κ1) is 15.8. The molecule has 24 heavy (non-hydrogen) atoms. The molecule has 3 rings (SSSR count). The Hall–Kier alpha value is -3.10. The van der Waals surface area contributed by atoms with Crippen LogP contribution in [-0.2, 0) is 6.18 Å². The molecule has 2 aromatic heterocycles. The van der Waals surface area contributed by atoms with Gasteiger partial charge in [0.2, 0.25) is 5.82 Å². The van der Waals surface area contributed by atoms with E-state index in [4.69, 9.17) is 4.52 Å². The fourth-order valence-electron chi connectivity index (χ4n) is 2.07. The van der Waals surface area contributed by atoms with E-state index in [1.54, 1.807) is 19.1 Å². The summed E-state index contributed by atoms with van der Waals surface area (Å²) in [5.74, 6) is 0.0725. The zero-order chi connectivity index (χ0) is 17.5. The number of nitrogens with zero attached hydrogens (tertiary/aromatic N) is 2. The van der Waals surface area contributed by atoms with Gasteiger partial charge in [-0.3, -0.25) is 4.79 Å². The van der Waals surface area contributed by atoms with Crippen LogP contribution in [0.1, 0.15) is 11.1 Å². The second-order valence-electron chi connectivity index (χ2n) is 5.05. The molecule has 0 amide bonds. The highest BCUT2D eigenvalue weighted by Crippen LogP contribution is 2.30. The number of phenolic OH excluding ortho intramolecular Hbond substituents is 1. The Bertz CT molecular complexity index is 960. The standard InChI is InChI=1S/C15H10F3N3O3/c1-7-4-8(2-3-11(7)22)12-20-14(24-21-12)9-5-10(15(16,17)18)13(23)19-6-9/h2-6,22H,1H3,(H,19,23). The molecule has 0 aliphatic rings. The molecular formula is C15H10F3N3O3. The number of H-pyrrole nitrogens is 1. The molecule has 1 aromatic carbocycles. The van der Waals surface area contributed by atoms with Crippen molar-refractivity contribution in [3.63, 3.8) is 0 Å². The number of phenols is 1. The predicted molar refractivity (Wildman–Crippen MR) is 77.2 cm³/mol. The first-order chi connectivity index (χ1) is 11.3. The SMILES string of the molecule is Cc1cc(-c2noc(-c3c[nH]c(=O)c(C(F)(F)F)c3)n2)ccc1O. The van der Waals surface area contributed by atoms with Crippen LogP contribution < -0.4 is 5.56 Å². The van der Waals surface area contributed by atoms with E-state index >= 15 is 0 Å². The Labute approximate surface area is 132 Å². The lowest BCUT2D eigenvalue weighted by molar-refractivity contribution is -0.138. The number of nitrogens with one attached hydrogen (secondary N) is 1. The largest absolute Gasteiger partial charge is 0.508 e. The third-order valence-electron chi connectivity index (χ3n) is 3.34. The first-order valence-electron chi connectivity index (χ1n) is 6.69. The lowest BCUT2D eigenvalue weighted by Gasteiger charge is -2.05. The molecule has 6 nitrogen and oxygen atoms in total. The van der Waals surface area contributed by atoms with Gasteiger partial charge in [0.1, 0.15) is 11.3 Å².